The van der Waals surface area contributed by atoms with Crippen molar-refractivity contribution in [1.29, 1.82) is 0 Å². The minimum atomic E-state index is -4.53. The molecule has 0 radical (unpaired) electrons. The summed E-state index contributed by atoms with van der Waals surface area (Å²) in [4.78, 5) is 25.7. The second-order valence-electron chi connectivity index (χ2n) is 4.42. The fourth-order valence-corrected chi connectivity index (χ4v) is 2.11. The second-order valence-corrected chi connectivity index (χ2v) is 4.84. The molecule has 1 heterocycles. The molecule has 0 aliphatic rings. The van der Waals surface area contributed by atoms with Gasteiger partial charge in [-0.3, -0.25) is 9.36 Å². The summed E-state index contributed by atoms with van der Waals surface area (Å²) in [7, 11) is 0. The first-order valence-corrected chi connectivity index (χ1v) is 6.62. The third-order valence-electron chi connectivity index (χ3n) is 2.82. The number of alkyl halides is 3. The van der Waals surface area contributed by atoms with Gasteiger partial charge in [0, 0.05) is 18.8 Å². The van der Waals surface area contributed by atoms with Gasteiger partial charge in [-0.2, -0.15) is 13.2 Å². The number of halogens is 3. The van der Waals surface area contributed by atoms with E-state index in [-0.39, 0.29) is 23.3 Å². The highest BCUT2D eigenvalue weighted by Gasteiger charge is 2.26. The Morgan fingerprint density at radius 3 is 2.68 bits per heavy atom. The Labute approximate surface area is 128 Å². The van der Waals surface area contributed by atoms with Crippen molar-refractivity contribution in [3.05, 3.63) is 39.5 Å². The summed E-state index contributed by atoms with van der Waals surface area (Å²) in [5.74, 6) is -1.46. The number of nitrogens with one attached hydrogen (secondary N) is 2. The monoisotopic (exact) mass is 336 g/mol. The van der Waals surface area contributed by atoms with Crippen LogP contribution in [-0.4, -0.2) is 28.3 Å². The highest BCUT2D eigenvalue weighted by atomic mass is 32.1. The molecule has 0 saturated heterocycles. The van der Waals surface area contributed by atoms with Gasteiger partial charge < -0.3 is 10.7 Å². The molecule has 1 aromatic rings. The molecule has 122 valence electrons. The van der Waals surface area contributed by atoms with Crippen molar-refractivity contribution in [2.45, 2.75) is 25.2 Å². The zero-order valence-corrected chi connectivity index (χ0v) is 12.3. The standard InChI is InChI=1S/C12H15F3N4O2S/c1-2-3-7(10(16)20)8-6-9(22)19(11(21)18-8)5-4-17-12(13,14)15/h2,6-7,17H,1,3-5H2,(H2,16,20)(H,18,21). The molecule has 1 rings (SSSR count). The van der Waals surface area contributed by atoms with Crippen molar-refractivity contribution < 1.29 is 18.0 Å². The Hall–Kier alpha value is -1.94. The third-order valence-corrected chi connectivity index (χ3v) is 3.16. The molecular weight excluding hydrogens is 321 g/mol. The normalized spacial score (nSPS) is 12.9. The number of carbonyl (C=O) groups excluding carboxylic acids is 1. The molecule has 1 amide bonds. The first-order chi connectivity index (χ1) is 10.2. The molecule has 4 N–H and O–H groups in total. The predicted octanol–water partition coefficient (Wildman–Crippen LogP) is 1.16. The summed E-state index contributed by atoms with van der Waals surface area (Å²) in [5, 5.41) is 1.29. The van der Waals surface area contributed by atoms with E-state index in [1.165, 1.54) is 17.5 Å². The van der Waals surface area contributed by atoms with Crippen LogP contribution in [0.5, 0.6) is 0 Å². The van der Waals surface area contributed by atoms with Crippen molar-refractivity contribution in [1.82, 2.24) is 14.9 Å². The van der Waals surface area contributed by atoms with Crippen molar-refractivity contribution in [3.63, 3.8) is 0 Å². The van der Waals surface area contributed by atoms with Crippen LogP contribution in [0.3, 0.4) is 0 Å². The van der Waals surface area contributed by atoms with E-state index in [9.17, 15) is 22.8 Å². The Morgan fingerprint density at radius 1 is 1.59 bits per heavy atom. The van der Waals surface area contributed by atoms with Gasteiger partial charge in [0.25, 0.3) is 0 Å². The van der Waals surface area contributed by atoms with Crippen LogP contribution in [-0.2, 0) is 11.3 Å². The van der Waals surface area contributed by atoms with Gasteiger partial charge in [-0.15, -0.1) is 6.58 Å². The highest BCUT2D eigenvalue weighted by molar-refractivity contribution is 7.71. The van der Waals surface area contributed by atoms with Crippen LogP contribution in [0.1, 0.15) is 18.0 Å². The summed E-state index contributed by atoms with van der Waals surface area (Å²) in [6.07, 6.45) is -2.86. The molecule has 0 bridgehead atoms. The largest absolute Gasteiger partial charge is 0.457 e. The number of aromatic amines is 1. The van der Waals surface area contributed by atoms with Crippen LogP contribution < -0.4 is 16.7 Å². The van der Waals surface area contributed by atoms with Crippen molar-refractivity contribution in [3.8, 4) is 0 Å². The number of carbonyl (C=O) groups is 1. The molecule has 0 spiro atoms. The molecule has 0 saturated carbocycles. The molecule has 0 aromatic carbocycles. The maximum Gasteiger partial charge on any atom is 0.457 e. The summed E-state index contributed by atoms with van der Waals surface area (Å²) in [6, 6.07) is 1.34. The minimum Gasteiger partial charge on any atom is -0.369 e. The van der Waals surface area contributed by atoms with Crippen LogP contribution in [0.15, 0.2) is 23.5 Å². The fraction of sp³-hybridized carbons (Fsp3) is 0.417. The smallest absolute Gasteiger partial charge is 0.369 e. The molecule has 0 aliphatic heterocycles. The number of allylic oxidation sites excluding steroid dienone is 1. The van der Waals surface area contributed by atoms with Gasteiger partial charge in [-0.05, 0) is 12.5 Å². The number of aromatic nitrogens is 2. The predicted molar refractivity (Wildman–Crippen MR) is 76.7 cm³/mol. The van der Waals surface area contributed by atoms with Gasteiger partial charge in [0.1, 0.15) is 4.64 Å². The number of primary amides is 1. The lowest BCUT2D eigenvalue weighted by atomic mass is 10.0. The minimum absolute atomic E-state index is 0.0121. The van der Waals surface area contributed by atoms with Gasteiger partial charge >= 0.3 is 12.0 Å². The van der Waals surface area contributed by atoms with E-state index in [1.54, 1.807) is 0 Å². The number of H-pyrrole nitrogens is 1. The summed E-state index contributed by atoms with van der Waals surface area (Å²) in [5.41, 5.74) is 4.74. The van der Waals surface area contributed by atoms with Gasteiger partial charge in [0.15, 0.2) is 0 Å². The lowest BCUT2D eigenvalue weighted by Crippen LogP contribution is -2.37. The van der Waals surface area contributed by atoms with Gasteiger partial charge in [0.05, 0.1) is 5.92 Å². The number of hydrogen-bond donors (Lipinski definition) is 3. The lowest BCUT2D eigenvalue weighted by molar-refractivity contribution is -0.157. The number of nitrogens with zero attached hydrogens (tertiary/aromatic N) is 1. The quantitative estimate of drug-likeness (QED) is 0.396. The molecular formula is C12H15F3N4O2S. The summed E-state index contributed by atoms with van der Waals surface area (Å²) < 4.78 is 37.0. The second kappa shape index (κ2) is 7.36. The Kier molecular flexibility index (Phi) is 6.06. The van der Waals surface area contributed by atoms with Gasteiger partial charge in [0.2, 0.25) is 5.91 Å². The number of rotatable bonds is 7. The first kappa shape index (κ1) is 18.1. The fourth-order valence-electron chi connectivity index (χ4n) is 1.81. The van der Waals surface area contributed by atoms with E-state index >= 15 is 0 Å². The van der Waals surface area contributed by atoms with Crippen LogP contribution in [0.4, 0.5) is 13.2 Å². The zero-order valence-electron chi connectivity index (χ0n) is 11.4. The van der Waals surface area contributed by atoms with Crippen LogP contribution in [0.2, 0.25) is 0 Å². The van der Waals surface area contributed by atoms with E-state index in [4.69, 9.17) is 18.0 Å². The molecule has 10 heteroatoms. The Bertz CT molecular complexity index is 634. The highest BCUT2D eigenvalue weighted by Crippen LogP contribution is 2.16. The SMILES string of the molecule is C=CCC(C(N)=O)c1cc(=S)n(CCNC(F)(F)F)c(=O)[nH]1. The molecule has 22 heavy (non-hydrogen) atoms. The molecule has 1 atom stereocenters. The van der Waals surface area contributed by atoms with E-state index in [0.717, 1.165) is 4.57 Å². The zero-order chi connectivity index (χ0) is 16.9. The Balaban J connectivity index is 3.02. The van der Waals surface area contributed by atoms with Crippen molar-refractivity contribution in [2.75, 3.05) is 6.54 Å². The number of nitrogens with two attached hydrogens (primary N) is 1. The average Bonchev–Trinajstić information content (AvgIpc) is 2.37. The summed E-state index contributed by atoms with van der Waals surface area (Å²) >= 11 is 4.98. The van der Waals surface area contributed by atoms with Crippen molar-refractivity contribution in [2.24, 2.45) is 5.73 Å². The van der Waals surface area contributed by atoms with E-state index in [0.29, 0.717) is 0 Å². The third kappa shape index (κ3) is 5.11. The molecule has 1 aromatic heterocycles. The van der Waals surface area contributed by atoms with Crippen molar-refractivity contribution >= 4 is 18.1 Å². The number of hydrogen-bond acceptors (Lipinski definition) is 4. The van der Waals surface area contributed by atoms with Gasteiger partial charge in [-0.25, -0.2) is 10.1 Å². The van der Waals surface area contributed by atoms with E-state index < -0.39 is 30.4 Å². The topological polar surface area (TPSA) is 92.9 Å². The molecule has 6 nitrogen and oxygen atoms in total. The lowest BCUT2D eigenvalue weighted by Gasteiger charge is -2.14. The van der Waals surface area contributed by atoms with E-state index in [2.05, 4.69) is 11.6 Å². The maximum atomic E-state index is 12.0. The van der Waals surface area contributed by atoms with Crippen LogP contribution in [0.25, 0.3) is 0 Å². The van der Waals surface area contributed by atoms with Crippen LogP contribution in [0, 0.1) is 4.64 Å². The number of amides is 1. The maximum absolute atomic E-state index is 12.0. The van der Waals surface area contributed by atoms with E-state index in [1.807, 2.05) is 0 Å². The van der Waals surface area contributed by atoms with Gasteiger partial charge in [-0.1, -0.05) is 18.3 Å². The first-order valence-electron chi connectivity index (χ1n) is 6.21. The Morgan fingerprint density at radius 2 is 2.23 bits per heavy atom. The van der Waals surface area contributed by atoms with Crippen LogP contribution >= 0.6 is 12.2 Å². The molecule has 1 unspecified atom stereocenters. The average molecular weight is 336 g/mol. The molecule has 0 fully saturated rings. The molecule has 0 aliphatic carbocycles. The summed E-state index contributed by atoms with van der Waals surface area (Å²) in [6.45, 7) is 2.71.